The highest BCUT2D eigenvalue weighted by molar-refractivity contribution is 5.76. The van der Waals surface area contributed by atoms with Gasteiger partial charge in [0.2, 0.25) is 5.91 Å². The molecular weight excluding hydrogens is 1250 g/mol. The van der Waals surface area contributed by atoms with Crippen molar-refractivity contribution >= 4 is 5.91 Å². The Morgan fingerprint density at radius 2 is 0.700 bits per heavy atom. The summed E-state index contributed by atoms with van der Waals surface area (Å²) in [7, 11) is 0. The molecule has 12 unspecified atom stereocenters. The van der Waals surface area contributed by atoms with Crippen molar-refractivity contribution in [2.45, 2.75) is 408 Å². The van der Waals surface area contributed by atoms with Gasteiger partial charge in [-0.05, 0) is 96.3 Å². The van der Waals surface area contributed by atoms with Gasteiger partial charge in [-0.1, -0.05) is 342 Å². The molecule has 2 rings (SSSR count). The Kier molecular flexibility index (Phi) is 63.7. The molecule has 100 heavy (non-hydrogen) atoms. The van der Waals surface area contributed by atoms with E-state index in [9.17, 15) is 45.6 Å². The van der Waals surface area contributed by atoms with Crippen molar-refractivity contribution in [2.24, 2.45) is 0 Å². The van der Waals surface area contributed by atoms with E-state index in [0.717, 1.165) is 83.5 Å². The van der Waals surface area contributed by atoms with Crippen LogP contribution < -0.4 is 5.32 Å². The van der Waals surface area contributed by atoms with E-state index in [1.807, 2.05) is 6.08 Å². The van der Waals surface area contributed by atoms with E-state index in [0.29, 0.717) is 12.8 Å². The number of amides is 1. The van der Waals surface area contributed by atoms with Crippen LogP contribution in [0.15, 0.2) is 109 Å². The topological polar surface area (TPSA) is 228 Å². The van der Waals surface area contributed by atoms with Gasteiger partial charge in [-0.25, -0.2) is 0 Å². The molecule has 0 spiro atoms. The minimum absolute atomic E-state index is 0.251. The number of hydrogen-bond acceptors (Lipinski definition) is 13. The molecule has 14 nitrogen and oxygen atoms in total. The summed E-state index contributed by atoms with van der Waals surface area (Å²) >= 11 is 0. The van der Waals surface area contributed by atoms with Crippen LogP contribution in [0.1, 0.15) is 335 Å². The van der Waals surface area contributed by atoms with Crippen molar-refractivity contribution < 1.29 is 64.6 Å². The quantitative estimate of drug-likeness (QED) is 0.0204. The van der Waals surface area contributed by atoms with Crippen molar-refractivity contribution in [3.63, 3.8) is 0 Å². The van der Waals surface area contributed by atoms with E-state index >= 15 is 0 Å². The Morgan fingerprint density at radius 3 is 1.10 bits per heavy atom. The van der Waals surface area contributed by atoms with E-state index in [-0.39, 0.29) is 18.9 Å². The predicted octanol–water partition coefficient (Wildman–Crippen LogP) is 19.0. The van der Waals surface area contributed by atoms with E-state index in [2.05, 4.69) is 116 Å². The molecule has 9 N–H and O–H groups in total. The van der Waals surface area contributed by atoms with E-state index in [1.54, 1.807) is 6.08 Å². The third-order valence-corrected chi connectivity index (χ3v) is 19.4. The number of carbonyl (C=O) groups is 1. The van der Waals surface area contributed by atoms with Crippen molar-refractivity contribution in [1.82, 2.24) is 5.32 Å². The summed E-state index contributed by atoms with van der Waals surface area (Å²) in [5, 5.41) is 87.7. The summed E-state index contributed by atoms with van der Waals surface area (Å²) in [6, 6.07) is -0.945. The summed E-state index contributed by atoms with van der Waals surface area (Å²) in [6.45, 7) is 2.70. The van der Waals surface area contributed by atoms with Gasteiger partial charge in [-0.15, -0.1) is 0 Å². The van der Waals surface area contributed by atoms with Crippen LogP contribution in [0.3, 0.4) is 0 Å². The molecule has 0 saturated carbocycles. The van der Waals surface area contributed by atoms with Gasteiger partial charge in [0.05, 0.1) is 32.0 Å². The lowest BCUT2D eigenvalue weighted by Gasteiger charge is -2.46. The Hall–Kier alpha value is -3.35. The van der Waals surface area contributed by atoms with E-state index < -0.39 is 86.8 Å². The molecule has 0 radical (unpaired) electrons. The summed E-state index contributed by atoms with van der Waals surface area (Å²) in [5.41, 5.74) is 0. The predicted molar refractivity (Wildman–Crippen MR) is 415 cm³/mol. The Morgan fingerprint density at radius 1 is 0.370 bits per heavy atom. The molecule has 2 aliphatic heterocycles. The van der Waals surface area contributed by atoms with E-state index in [4.69, 9.17) is 18.9 Å². The lowest BCUT2D eigenvalue weighted by atomic mass is 9.97. The van der Waals surface area contributed by atoms with Gasteiger partial charge in [0.15, 0.2) is 12.6 Å². The molecule has 0 bridgehead atoms. The lowest BCUT2D eigenvalue weighted by molar-refractivity contribution is -0.359. The molecule has 0 aromatic heterocycles. The van der Waals surface area contributed by atoms with Gasteiger partial charge in [-0.2, -0.15) is 0 Å². The molecule has 0 aromatic rings. The Labute approximate surface area is 610 Å². The number of aliphatic hydroxyl groups excluding tert-OH is 8. The maximum absolute atomic E-state index is 13.4. The van der Waals surface area contributed by atoms with Crippen LogP contribution in [-0.2, 0) is 23.7 Å². The molecule has 14 heteroatoms. The molecule has 12 atom stereocenters. The van der Waals surface area contributed by atoms with Gasteiger partial charge >= 0.3 is 0 Å². The highest BCUT2D eigenvalue weighted by Gasteiger charge is 2.51. The molecule has 2 aliphatic rings. The van der Waals surface area contributed by atoms with E-state index in [1.165, 1.54) is 218 Å². The molecular formula is C86H151NO13. The first-order valence-electron chi connectivity index (χ1n) is 41.1. The number of carbonyl (C=O) groups excluding carboxylic acids is 1. The summed E-state index contributed by atoms with van der Waals surface area (Å²) in [4.78, 5) is 13.4. The van der Waals surface area contributed by atoms with Gasteiger partial charge in [0.1, 0.15) is 48.8 Å². The van der Waals surface area contributed by atoms with Crippen molar-refractivity contribution in [3.05, 3.63) is 109 Å². The first-order chi connectivity index (χ1) is 49.1. The second-order valence-corrected chi connectivity index (χ2v) is 28.5. The van der Waals surface area contributed by atoms with Crippen LogP contribution in [0.2, 0.25) is 0 Å². The molecule has 2 heterocycles. The zero-order valence-electron chi connectivity index (χ0n) is 63.4. The SMILES string of the molecule is CC/C=C\C/C=C\C/C=C\C/C=C\C/C=C\C/C=C\CCCCCCCCCCCCCCCCCCCCC(=O)NC(COC1OC(CO)C(OC2OC(CO)C(O)C(O)C2O)C(O)C1O)C(O)/C=C/CC/C=C/CC/C=C/CCCCCCCCCCCCCCCCCCCCC. The number of unbranched alkanes of at least 4 members (excludes halogenated alkanes) is 39. The van der Waals surface area contributed by atoms with Gasteiger partial charge < -0.3 is 65.1 Å². The van der Waals surface area contributed by atoms with Crippen molar-refractivity contribution in [1.29, 1.82) is 0 Å². The maximum Gasteiger partial charge on any atom is 0.220 e. The zero-order valence-corrected chi connectivity index (χ0v) is 63.4. The third kappa shape index (κ3) is 50.9. The number of allylic oxidation sites excluding steroid dienone is 17. The van der Waals surface area contributed by atoms with Crippen molar-refractivity contribution in [3.8, 4) is 0 Å². The van der Waals surface area contributed by atoms with Gasteiger partial charge in [-0.3, -0.25) is 4.79 Å². The smallest absolute Gasteiger partial charge is 0.220 e. The molecule has 0 aromatic carbocycles. The average molecular weight is 1410 g/mol. The third-order valence-electron chi connectivity index (χ3n) is 19.4. The minimum Gasteiger partial charge on any atom is -0.394 e. The largest absolute Gasteiger partial charge is 0.394 e. The highest BCUT2D eigenvalue weighted by atomic mass is 16.7. The molecule has 0 aliphatic carbocycles. The van der Waals surface area contributed by atoms with Crippen LogP contribution in [0.25, 0.3) is 0 Å². The van der Waals surface area contributed by atoms with Crippen LogP contribution in [0.4, 0.5) is 0 Å². The first-order valence-corrected chi connectivity index (χ1v) is 41.1. The average Bonchev–Trinajstić information content (AvgIpc) is 0.791. The van der Waals surface area contributed by atoms with Gasteiger partial charge in [0.25, 0.3) is 0 Å². The molecule has 2 fully saturated rings. The van der Waals surface area contributed by atoms with Crippen LogP contribution >= 0.6 is 0 Å². The second kappa shape index (κ2) is 68.7. The monoisotopic (exact) mass is 1410 g/mol. The Balaban J connectivity index is 1.62. The molecule has 2 saturated heterocycles. The summed E-state index contributed by atoms with van der Waals surface area (Å²) in [5.74, 6) is -0.251. The number of aliphatic hydroxyl groups is 8. The maximum atomic E-state index is 13.4. The second-order valence-electron chi connectivity index (χ2n) is 28.5. The standard InChI is InChI=1S/C86H151NO13/c1-3-5-7-9-11-13-15-17-19-21-23-25-27-29-31-33-34-35-36-37-38-39-40-42-44-46-48-50-52-54-56-58-60-62-64-66-68-70-78(91)87-74(73-97-85-83(96)81(94)84(77(72-89)99-85)100-86-82(95)80(93)79(92)76(71-88)98-86)75(90)69-67-65-63-61-59-57-55-53-51-49-47-45-43-41-32-30-28-26-24-22-20-18-16-14-12-10-8-6-4-2/h5,7,11,13,17,19,23,25,29,31,34-35,51,53,59,61,67,69,74-77,79-86,88-90,92-96H,3-4,6,8-10,12,14-16,18,20-22,24,26-28,30,32-33,36-50,52,54-58,60,62-66,68,70-73H2,1-2H3,(H,87,91)/b7-5-,13-11-,19-17-,25-23-,31-29-,35-34-,53-51+,61-59+,69-67+. The highest BCUT2D eigenvalue weighted by Crippen LogP contribution is 2.30. The number of hydrogen-bond donors (Lipinski definition) is 9. The Bertz CT molecular complexity index is 2100. The van der Waals surface area contributed by atoms with Crippen molar-refractivity contribution in [2.75, 3.05) is 19.8 Å². The fraction of sp³-hybridized carbons (Fsp3) is 0.779. The number of ether oxygens (including phenoxy) is 4. The number of nitrogens with one attached hydrogen (secondary N) is 1. The normalized spacial score (nSPS) is 22.4. The van der Waals surface area contributed by atoms with Gasteiger partial charge in [0, 0.05) is 6.42 Å². The zero-order chi connectivity index (χ0) is 72.2. The molecule has 1 amide bonds. The van der Waals surface area contributed by atoms with Crippen LogP contribution in [0.5, 0.6) is 0 Å². The number of rotatable bonds is 68. The summed E-state index contributed by atoms with van der Waals surface area (Å²) < 4.78 is 22.9. The van der Waals surface area contributed by atoms with Crippen LogP contribution in [-0.4, -0.2) is 140 Å². The molecule has 578 valence electrons. The lowest BCUT2D eigenvalue weighted by Crippen LogP contribution is -2.65. The fourth-order valence-electron chi connectivity index (χ4n) is 13.0. The van der Waals surface area contributed by atoms with Crippen LogP contribution in [0, 0.1) is 0 Å². The fourth-order valence-corrected chi connectivity index (χ4v) is 13.0. The first kappa shape index (κ1) is 92.7. The summed E-state index contributed by atoms with van der Waals surface area (Å²) in [6.07, 6.45) is 83.2. The minimum atomic E-state index is -1.80.